The number of thiol groups is 1. The van der Waals surface area contributed by atoms with E-state index in [1.807, 2.05) is 50.2 Å². The minimum Gasteiger partial charge on any atom is -0.478 e. The molecule has 6 nitrogen and oxygen atoms in total. The molecule has 0 bridgehead atoms. The maximum Gasteiger partial charge on any atom is 0.336 e. The molecule has 0 aliphatic heterocycles. The van der Waals surface area contributed by atoms with Crippen LogP contribution in [0.25, 0.3) is 11.1 Å². The maximum absolute atomic E-state index is 12.6. The molecule has 1 aromatic heterocycles. The molecule has 36 heavy (non-hydrogen) atoms. The number of amides is 1. The van der Waals surface area contributed by atoms with Gasteiger partial charge in [-0.05, 0) is 35.1 Å². The molecule has 2 aromatic carbocycles. The number of rotatable bonds is 12. The van der Waals surface area contributed by atoms with Gasteiger partial charge < -0.3 is 15.0 Å². The van der Waals surface area contributed by atoms with Gasteiger partial charge in [0.1, 0.15) is 5.82 Å². The number of carboxylic acid groups (broad SMARTS) is 1. The van der Waals surface area contributed by atoms with Crippen molar-refractivity contribution in [3.8, 4) is 11.1 Å². The number of imidazole rings is 1. The minimum absolute atomic E-state index is 0.118. The Bertz CT molecular complexity index is 1190. The number of halogens is 1. The monoisotopic (exact) mass is 527 g/mol. The van der Waals surface area contributed by atoms with E-state index in [9.17, 15) is 14.7 Å². The largest absolute Gasteiger partial charge is 0.478 e. The minimum atomic E-state index is -0.952. The van der Waals surface area contributed by atoms with Crippen molar-refractivity contribution in [1.29, 1.82) is 0 Å². The van der Waals surface area contributed by atoms with Crippen LogP contribution in [0, 0.1) is 5.92 Å². The van der Waals surface area contributed by atoms with Gasteiger partial charge in [0.25, 0.3) is 0 Å². The van der Waals surface area contributed by atoms with Gasteiger partial charge in [-0.3, -0.25) is 4.79 Å². The lowest BCUT2D eigenvalue weighted by Crippen LogP contribution is -2.35. The van der Waals surface area contributed by atoms with E-state index in [1.165, 1.54) is 0 Å². The number of carboxylic acids is 1. The molecule has 2 atom stereocenters. The second-order valence-electron chi connectivity index (χ2n) is 9.05. The topological polar surface area (TPSA) is 84.2 Å². The summed E-state index contributed by atoms with van der Waals surface area (Å²) in [6, 6.07) is 14.8. The zero-order chi connectivity index (χ0) is 26.2. The Balaban J connectivity index is 1.85. The Kier molecular flexibility index (Phi) is 10.0. The number of nitrogens with zero attached hydrogens (tertiary/aromatic N) is 2. The lowest BCUT2D eigenvalue weighted by Gasteiger charge is -2.18. The molecule has 192 valence electrons. The van der Waals surface area contributed by atoms with Gasteiger partial charge in [0, 0.05) is 13.0 Å². The standard InChI is InChI=1S/C28H34ClN3O3S/c1-4-6-11-24-31-26(29)23(16-30-27(33)25(36)18(3)5-2)32(24)17-19-12-14-20(15-13-19)21-9-7-8-10-22(21)28(34)35/h7-10,12-15,18,25,36H,4-6,11,16-17H2,1-3H3,(H,30,33)(H,34,35). The Labute approximate surface area is 223 Å². The lowest BCUT2D eigenvalue weighted by molar-refractivity contribution is -0.121. The van der Waals surface area contributed by atoms with E-state index < -0.39 is 5.97 Å². The van der Waals surface area contributed by atoms with Crippen LogP contribution >= 0.6 is 24.2 Å². The van der Waals surface area contributed by atoms with Crippen LogP contribution in [0.15, 0.2) is 48.5 Å². The van der Waals surface area contributed by atoms with Crippen molar-refractivity contribution < 1.29 is 14.7 Å². The van der Waals surface area contributed by atoms with Gasteiger partial charge in [0.2, 0.25) is 5.91 Å². The number of hydrogen-bond acceptors (Lipinski definition) is 4. The summed E-state index contributed by atoms with van der Waals surface area (Å²) in [5.74, 6) is -0.0193. The Hall–Kier alpha value is -2.77. The summed E-state index contributed by atoms with van der Waals surface area (Å²) < 4.78 is 2.08. The summed E-state index contributed by atoms with van der Waals surface area (Å²) in [7, 11) is 0. The van der Waals surface area contributed by atoms with Gasteiger partial charge in [0.15, 0.2) is 5.15 Å². The number of hydrogen-bond donors (Lipinski definition) is 3. The molecule has 2 N–H and O–H groups in total. The second kappa shape index (κ2) is 13.0. The summed E-state index contributed by atoms with van der Waals surface area (Å²) in [5, 5.41) is 12.5. The molecule has 0 aliphatic rings. The van der Waals surface area contributed by atoms with Crippen LogP contribution in [-0.4, -0.2) is 31.8 Å². The highest BCUT2D eigenvalue weighted by molar-refractivity contribution is 7.81. The molecule has 2 unspecified atom stereocenters. The van der Waals surface area contributed by atoms with Crippen molar-refractivity contribution in [2.24, 2.45) is 5.92 Å². The van der Waals surface area contributed by atoms with E-state index in [0.29, 0.717) is 17.3 Å². The normalized spacial score (nSPS) is 12.8. The molecule has 1 amide bonds. The molecule has 0 saturated carbocycles. The summed E-state index contributed by atoms with van der Waals surface area (Å²) in [6.45, 7) is 6.99. The first-order chi connectivity index (χ1) is 17.3. The third-order valence-corrected chi connectivity index (χ3v) is 7.55. The van der Waals surface area contributed by atoms with E-state index in [2.05, 4.69) is 34.4 Å². The van der Waals surface area contributed by atoms with Crippen molar-refractivity contribution in [2.45, 2.75) is 64.8 Å². The smallest absolute Gasteiger partial charge is 0.336 e. The van der Waals surface area contributed by atoms with Gasteiger partial charge in [-0.25, -0.2) is 9.78 Å². The summed E-state index contributed by atoms with van der Waals surface area (Å²) >= 11 is 11.0. The van der Waals surface area contributed by atoms with Gasteiger partial charge in [0.05, 0.1) is 23.1 Å². The van der Waals surface area contributed by atoms with Gasteiger partial charge in [-0.2, -0.15) is 12.6 Å². The lowest BCUT2D eigenvalue weighted by atomic mass is 9.99. The molecule has 0 saturated heterocycles. The van der Waals surface area contributed by atoms with Crippen LogP contribution in [-0.2, 0) is 24.3 Å². The molecule has 0 radical (unpaired) electrons. The van der Waals surface area contributed by atoms with E-state index in [0.717, 1.165) is 48.3 Å². The molecule has 0 fully saturated rings. The highest BCUT2D eigenvalue weighted by Crippen LogP contribution is 2.26. The van der Waals surface area contributed by atoms with Crippen molar-refractivity contribution in [1.82, 2.24) is 14.9 Å². The molecular weight excluding hydrogens is 494 g/mol. The van der Waals surface area contributed by atoms with Gasteiger partial charge >= 0.3 is 5.97 Å². The third kappa shape index (κ3) is 6.71. The van der Waals surface area contributed by atoms with Gasteiger partial charge in [-0.15, -0.1) is 0 Å². The number of nitrogens with one attached hydrogen (secondary N) is 1. The Morgan fingerprint density at radius 2 is 1.83 bits per heavy atom. The predicted octanol–water partition coefficient (Wildman–Crippen LogP) is 6.25. The number of aromatic nitrogens is 2. The molecule has 0 spiro atoms. The summed E-state index contributed by atoms with van der Waals surface area (Å²) in [4.78, 5) is 28.8. The van der Waals surface area contributed by atoms with Gasteiger partial charge in [-0.1, -0.05) is 87.7 Å². The van der Waals surface area contributed by atoms with Crippen LogP contribution in [0.2, 0.25) is 5.15 Å². The average Bonchev–Trinajstić information content (AvgIpc) is 3.18. The zero-order valence-electron chi connectivity index (χ0n) is 21.0. The highest BCUT2D eigenvalue weighted by atomic mass is 35.5. The highest BCUT2D eigenvalue weighted by Gasteiger charge is 2.22. The number of carbonyl (C=O) groups is 2. The second-order valence-corrected chi connectivity index (χ2v) is 9.97. The Morgan fingerprint density at radius 3 is 2.47 bits per heavy atom. The molecule has 1 heterocycles. The fraction of sp³-hybridized carbons (Fsp3) is 0.393. The van der Waals surface area contributed by atoms with Crippen molar-refractivity contribution >= 4 is 36.1 Å². The van der Waals surface area contributed by atoms with Crippen LogP contribution < -0.4 is 5.32 Å². The fourth-order valence-corrected chi connectivity index (χ4v) is 4.61. The first-order valence-electron chi connectivity index (χ1n) is 12.4. The van der Waals surface area contributed by atoms with E-state index in [-0.39, 0.29) is 29.2 Å². The summed E-state index contributed by atoms with van der Waals surface area (Å²) in [5.41, 5.74) is 3.57. The molecule has 0 aliphatic carbocycles. The van der Waals surface area contributed by atoms with E-state index in [4.69, 9.17) is 11.6 Å². The number of aryl methyl sites for hydroxylation is 1. The molecular formula is C28H34ClN3O3S. The van der Waals surface area contributed by atoms with E-state index >= 15 is 0 Å². The molecule has 3 aromatic rings. The van der Waals surface area contributed by atoms with Crippen molar-refractivity contribution in [3.05, 3.63) is 76.3 Å². The van der Waals surface area contributed by atoms with Crippen molar-refractivity contribution in [2.75, 3.05) is 0 Å². The number of unbranched alkanes of at least 4 members (excludes halogenated alkanes) is 1. The van der Waals surface area contributed by atoms with E-state index in [1.54, 1.807) is 12.1 Å². The zero-order valence-corrected chi connectivity index (χ0v) is 22.6. The molecule has 3 rings (SSSR count). The first kappa shape index (κ1) is 27.8. The SMILES string of the molecule is CCCCc1nc(Cl)c(CNC(=O)C(S)C(C)CC)n1Cc1ccc(-c2ccccc2C(=O)O)cc1. The van der Waals surface area contributed by atoms with Crippen molar-refractivity contribution in [3.63, 3.8) is 0 Å². The van der Waals surface area contributed by atoms with Crippen LogP contribution in [0.3, 0.4) is 0 Å². The molecule has 8 heteroatoms. The maximum atomic E-state index is 12.6. The number of benzene rings is 2. The van der Waals surface area contributed by atoms with Crippen LogP contribution in [0.5, 0.6) is 0 Å². The average molecular weight is 528 g/mol. The quantitative estimate of drug-likeness (QED) is 0.243. The number of carbonyl (C=O) groups excluding carboxylic acids is 1. The predicted molar refractivity (Wildman–Crippen MR) is 148 cm³/mol. The summed E-state index contributed by atoms with van der Waals surface area (Å²) in [6.07, 6.45) is 3.67. The fourth-order valence-electron chi connectivity index (χ4n) is 4.04. The first-order valence-corrected chi connectivity index (χ1v) is 13.3. The van der Waals surface area contributed by atoms with Crippen LogP contribution in [0.1, 0.15) is 67.5 Å². The third-order valence-electron chi connectivity index (χ3n) is 6.50. The number of aromatic carboxylic acids is 1. The Morgan fingerprint density at radius 1 is 1.14 bits per heavy atom. The van der Waals surface area contributed by atoms with Crippen LogP contribution in [0.4, 0.5) is 0 Å².